The number of H-pyrrole nitrogens is 1. The van der Waals surface area contributed by atoms with Crippen molar-refractivity contribution in [2.75, 3.05) is 10.6 Å². The van der Waals surface area contributed by atoms with Gasteiger partial charge in [-0.15, -0.1) is 11.3 Å². The van der Waals surface area contributed by atoms with E-state index < -0.39 is 23.4 Å². The molecule has 4 aromatic rings. The molecule has 0 aliphatic carbocycles. The average molecular weight is 412 g/mol. The third kappa shape index (κ3) is 3.99. The first-order chi connectivity index (χ1) is 14.0. The summed E-state index contributed by atoms with van der Waals surface area (Å²) >= 11 is 1.12. The molecule has 0 bridgehead atoms. The van der Waals surface area contributed by atoms with Crippen molar-refractivity contribution in [1.82, 2.24) is 10.2 Å². The first-order valence-corrected chi connectivity index (χ1v) is 9.40. The Morgan fingerprint density at radius 2 is 1.72 bits per heavy atom. The zero-order chi connectivity index (χ0) is 20.4. The fourth-order valence-corrected chi connectivity index (χ4v) is 3.66. The second-order valence-electron chi connectivity index (χ2n) is 6.18. The molecule has 0 unspecified atom stereocenters. The van der Waals surface area contributed by atoms with Crippen molar-refractivity contribution in [3.63, 3.8) is 0 Å². The lowest BCUT2D eigenvalue weighted by Crippen LogP contribution is -2.15. The predicted octanol–water partition coefficient (Wildman–Crippen LogP) is 4.34. The molecule has 29 heavy (non-hydrogen) atoms. The van der Waals surface area contributed by atoms with E-state index in [1.54, 1.807) is 24.3 Å². The monoisotopic (exact) mass is 412 g/mol. The lowest BCUT2D eigenvalue weighted by molar-refractivity contribution is -0.115. The normalized spacial score (nSPS) is 10.8. The molecule has 0 aliphatic heterocycles. The van der Waals surface area contributed by atoms with Crippen molar-refractivity contribution in [2.24, 2.45) is 0 Å². The van der Waals surface area contributed by atoms with Crippen LogP contribution >= 0.6 is 11.3 Å². The SMILES string of the molecule is O=C(Cc1ccccc1F)Nc1n[nH]c2sc(C(=O)Nc3ccccc3F)cc12. The summed E-state index contributed by atoms with van der Waals surface area (Å²) < 4.78 is 27.4. The number of aromatic amines is 1. The van der Waals surface area contributed by atoms with Gasteiger partial charge in [-0.05, 0) is 29.8 Å². The standard InChI is InChI=1S/C20H14F2N4O2S/c21-13-6-2-1-5-11(13)9-17(27)24-18-12-10-16(29-20(12)26-25-18)19(28)23-15-8-4-3-7-14(15)22/h1-8,10H,9H2,(H,23,28)(H2,24,25,26,27). The number of benzene rings is 2. The number of fused-ring (bicyclic) bond motifs is 1. The van der Waals surface area contributed by atoms with Crippen molar-refractivity contribution in [2.45, 2.75) is 6.42 Å². The quantitative estimate of drug-likeness (QED) is 0.456. The van der Waals surface area contributed by atoms with Gasteiger partial charge >= 0.3 is 0 Å². The Morgan fingerprint density at radius 3 is 2.48 bits per heavy atom. The van der Waals surface area contributed by atoms with Gasteiger partial charge in [0.25, 0.3) is 5.91 Å². The van der Waals surface area contributed by atoms with Crippen LogP contribution in [0.2, 0.25) is 0 Å². The minimum Gasteiger partial charge on any atom is -0.319 e. The number of carbonyl (C=O) groups excluding carboxylic acids is 2. The van der Waals surface area contributed by atoms with E-state index in [9.17, 15) is 18.4 Å². The number of amides is 2. The van der Waals surface area contributed by atoms with Gasteiger partial charge in [-0.3, -0.25) is 14.7 Å². The maximum atomic E-state index is 13.7. The van der Waals surface area contributed by atoms with Crippen LogP contribution in [0.5, 0.6) is 0 Å². The molecular formula is C20H14F2N4O2S. The van der Waals surface area contributed by atoms with Crippen LogP contribution in [0.3, 0.4) is 0 Å². The van der Waals surface area contributed by atoms with Crippen LogP contribution in [0.1, 0.15) is 15.2 Å². The maximum absolute atomic E-state index is 13.7. The molecule has 0 saturated heterocycles. The Kier molecular flexibility index (Phi) is 5.05. The highest BCUT2D eigenvalue weighted by molar-refractivity contribution is 7.20. The Balaban J connectivity index is 1.50. The number of para-hydroxylation sites is 1. The van der Waals surface area contributed by atoms with Gasteiger partial charge in [0, 0.05) is 0 Å². The topological polar surface area (TPSA) is 86.9 Å². The molecular weight excluding hydrogens is 398 g/mol. The number of hydrogen-bond acceptors (Lipinski definition) is 4. The van der Waals surface area contributed by atoms with Gasteiger partial charge in [0.2, 0.25) is 5.91 Å². The molecule has 0 atom stereocenters. The van der Waals surface area contributed by atoms with E-state index in [0.29, 0.717) is 15.1 Å². The summed E-state index contributed by atoms with van der Waals surface area (Å²) in [5, 5.41) is 12.4. The zero-order valence-electron chi connectivity index (χ0n) is 14.8. The Bertz CT molecular complexity index is 1220. The number of thiophene rings is 1. The van der Waals surface area contributed by atoms with Crippen molar-refractivity contribution in [1.29, 1.82) is 0 Å². The van der Waals surface area contributed by atoms with Crippen LogP contribution in [0.25, 0.3) is 10.2 Å². The van der Waals surface area contributed by atoms with Crippen LogP contribution in [-0.2, 0) is 11.2 Å². The van der Waals surface area contributed by atoms with E-state index in [1.807, 2.05) is 0 Å². The van der Waals surface area contributed by atoms with Gasteiger partial charge in [-0.25, -0.2) is 8.78 Å². The maximum Gasteiger partial charge on any atom is 0.265 e. The molecule has 2 aromatic heterocycles. The fraction of sp³-hybridized carbons (Fsp3) is 0.0500. The highest BCUT2D eigenvalue weighted by atomic mass is 32.1. The molecule has 146 valence electrons. The van der Waals surface area contributed by atoms with Crippen LogP contribution < -0.4 is 10.6 Å². The van der Waals surface area contributed by atoms with Crippen LogP contribution in [-0.4, -0.2) is 22.0 Å². The Labute approximate surface area is 167 Å². The van der Waals surface area contributed by atoms with Crippen LogP contribution in [0, 0.1) is 11.6 Å². The predicted molar refractivity (Wildman–Crippen MR) is 107 cm³/mol. The van der Waals surface area contributed by atoms with Crippen LogP contribution in [0.4, 0.5) is 20.3 Å². The molecule has 2 heterocycles. The van der Waals surface area contributed by atoms with E-state index >= 15 is 0 Å². The minimum atomic E-state index is -0.536. The van der Waals surface area contributed by atoms with Gasteiger partial charge < -0.3 is 10.6 Å². The van der Waals surface area contributed by atoms with Gasteiger partial charge in [0.1, 0.15) is 16.5 Å². The number of nitrogens with one attached hydrogen (secondary N) is 3. The molecule has 2 amide bonds. The molecule has 0 spiro atoms. The number of rotatable bonds is 5. The summed E-state index contributed by atoms with van der Waals surface area (Å²) in [6, 6.07) is 13.4. The number of nitrogens with zero attached hydrogens (tertiary/aromatic N) is 1. The van der Waals surface area contributed by atoms with E-state index in [2.05, 4.69) is 20.8 Å². The summed E-state index contributed by atoms with van der Waals surface area (Å²) in [5.41, 5.74) is 0.346. The highest BCUT2D eigenvalue weighted by Crippen LogP contribution is 2.30. The van der Waals surface area contributed by atoms with Crippen molar-refractivity contribution < 1.29 is 18.4 Å². The van der Waals surface area contributed by atoms with E-state index in [4.69, 9.17) is 0 Å². The number of anilines is 2. The van der Waals surface area contributed by atoms with Crippen molar-refractivity contribution in [3.05, 3.63) is 76.7 Å². The largest absolute Gasteiger partial charge is 0.319 e. The molecule has 4 rings (SSSR count). The number of halogens is 2. The van der Waals surface area contributed by atoms with E-state index in [-0.39, 0.29) is 23.5 Å². The van der Waals surface area contributed by atoms with Gasteiger partial charge in [0.15, 0.2) is 5.82 Å². The molecule has 0 radical (unpaired) electrons. The molecule has 0 fully saturated rings. The first-order valence-electron chi connectivity index (χ1n) is 8.58. The molecule has 6 nitrogen and oxygen atoms in total. The molecule has 3 N–H and O–H groups in total. The second-order valence-corrected chi connectivity index (χ2v) is 7.23. The van der Waals surface area contributed by atoms with E-state index in [0.717, 1.165) is 11.3 Å². The van der Waals surface area contributed by atoms with Gasteiger partial charge in [0.05, 0.1) is 22.4 Å². The molecule has 9 heteroatoms. The first kappa shape index (κ1) is 18.8. The third-order valence-electron chi connectivity index (χ3n) is 4.17. The number of hydrogen-bond donors (Lipinski definition) is 3. The van der Waals surface area contributed by atoms with Crippen molar-refractivity contribution in [3.8, 4) is 0 Å². The summed E-state index contributed by atoms with van der Waals surface area (Å²) in [6.45, 7) is 0. The Morgan fingerprint density at radius 1 is 1.00 bits per heavy atom. The summed E-state index contributed by atoms with van der Waals surface area (Å²) in [7, 11) is 0. The fourth-order valence-electron chi connectivity index (χ4n) is 2.76. The molecule has 0 aliphatic rings. The average Bonchev–Trinajstić information content (AvgIpc) is 3.28. The lowest BCUT2D eigenvalue weighted by atomic mass is 10.1. The van der Waals surface area contributed by atoms with Gasteiger partial charge in [-0.1, -0.05) is 30.3 Å². The highest BCUT2D eigenvalue weighted by Gasteiger charge is 2.18. The summed E-state index contributed by atoms with van der Waals surface area (Å²) in [5.74, 6) is -1.67. The third-order valence-corrected chi connectivity index (χ3v) is 5.21. The van der Waals surface area contributed by atoms with Crippen molar-refractivity contribution >= 4 is 44.9 Å². The second kappa shape index (κ2) is 7.80. The number of aromatic nitrogens is 2. The molecule has 2 aromatic carbocycles. The molecule has 0 saturated carbocycles. The zero-order valence-corrected chi connectivity index (χ0v) is 15.6. The summed E-state index contributed by atoms with van der Waals surface area (Å²) in [6.07, 6.45) is -0.147. The smallest absolute Gasteiger partial charge is 0.265 e. The van der Waals surface area contributed by atoms with Gasteiger partial charge in [-0.2, -0.15) is 5.10 Å². The number of carbonyl (C=O) groups is 2. The van der Waals surface area contributed by atoms with E-state index in [1.165, 1.54) is 30.3 Å². The minimum absolute atomic E-state index is 0.0751. The van der Waals surface area contributed by atoms with Crippen LogP contribution in [0.15, 0.2) is 54.6 Å². The Hall–Kier alpha value is -3.59. The summed E-state index contributed by atoms with van der Waals surface area (Å²) in [4.78, 5) is 25.6. The lowest BCUT2D eigenvalue weighted by Gasteiger charge is -2.04.